The normalized spacial score (nSPS) is 11.2. The van der Waals surface area contributed by atoms with Gasteiger partial charge in [-0.25, -0.2) is 0 Å². The van der Waals surface area contributed by atoms with Crippen molar-refractivity contribution in [3.05, 3.63) is 0 Å². The van der Waals surface area contributed by atoms with Crippen molar-refractivity contribution in [3.63, 3.8) is 0 Å². The predicted octanol–water partition coefficient (Wildman–Crippen LogP) is -4.35. The Kier molecular flexibility index (Phi) is 11.7. The molecular formula is H3FeKO8S2. The summed E-state index contributed by atoms with van der Waals surface area (Å²) in [6.07, 6.45) is 0. The maximum Gasteiger partial charge on any atom is 1.00 e. The maximum absolute atomic E-state index is 9.51. The number of hydrogen-bond donors (Lipinski definition) is 2. The second-order valence-electron chi connectivity index (χ2n) is 0.992. The van der Waals surface area contributed by atoms with E-state index in [1.54, 1.807) is 0 Å². The van der Waals surface area contributed by atoms with Crippen molar-refractivity contribution in [2.24, 2.45) is 0 Å². The summed E-state index contributed by atoms with van der Waals surface area (Å²) in [5.41, 5.74) is 0. The molecule has 12 heteroatoms. The molecular weight excluding hydrogens is 287 g/mol. The SMILES string of the molecule is O=S(=O)(O)OOS(=O)(=O)O.[Fe].[H-].[K+]. The molecule has 0 aliphatic heterocycles. The predicted molar refractivity (Wildman–Crippen MR) is 26.4 cm³/mol. The van der Waals surface area contributed by atoms with E-state index in [9.17, 15) is 16.8 Å². The Morgan fingerprint density at radius 3 is 1.17 bits per heavy atom. The monoisotopic (exact) mass is 290 g/mol. The first-order valence-electron chi connectivity index (χ1n) is 1.53. The summed E-state index contributed by atoms with van der Waals surface area (Å²) in [6.45, 7) is 0. The van der Waals surface area contributed by atoms with Crippen LogP contribution in [0.15, 0.2) is 0 Å². The third kappa shape index (κ3) is 17.8. The summed E-state index contributed by atoms with van der Waals surface area (Å²) < 4.78 is 58.9. The van der Waals surface area contributed by atoms with Gasteiger partial charge in [0.2, 0.25) is 0 Å². The zero-order chi connectivity index (χ0) is 8.41. The van der Waals surface area contributed by atoms with Gasteiger partial charge in [-0.15, -0.1) is 0 Å². The fraction of sp³-hybridized carbons (Fsp3) is 0. The Morgan fingerprint density at radius 2 is 1.08 bits per heavy atom. The molecule has 0 unspecified atom stereocenters. The van der Waals surface area contributed by atoms with Gasteiger partial charge in [0.05, 0.1) is 0 Å². The molecule has 0 saturated carbocycles. The van der Waals surface area contributed by atoms with Crippen LogP contribution in [0, 0.1) is 0 Å². The van der Waals surface area contributed by atoms with Gasteiger partial charge < -0.3 is 1.43 Å². The fourth-order valence-electron chi connectivity index (χ4n) is 0.0702. The number of hydrogen-bond acceptors (Lipinski definition) is 6. The topological polar surface area (TPSA) is 127 Å². The van der Waals surface area contributed by atoms with Crippen molar-refractivity contribution in [1.29, 1.82) is 0 Å². The van der Waals surface area contributed by atoms with Crippen molar-refractivity contribution in [1.82, 2.24) is 0 Å². The van der Waals surface area contributed by atoms with Gasteiger partial charge in [-0.1, -0.05) is 8.67 Å². The first-order valence-corrected chi connectivity index (χ1v) is 4.26. The average Bonchev–Trinajstić information content (AvgIpc) is 1.57. The van der Waals surface area contributed by atoms with Gasteiger partial charge in [0.1, 0.15) is 0 Å². The Hall–Kier alpha value is 1.90. The third-order valence-corrected chi connectivity index (χ3v) is 0.766. The van der Waals surface area contributed by atoms with Crippen LogP contribution in [-0.4, -0.2) is 25.9 Å². The molecule has 0 saturated heterocycles. The van der Waals surface area contributed by atoms with E-state index in [2.05, 4.69) is 8.67 Å². The van der Waals surface area contributed by atoms with E-state index in [0.29, 0.717) is 0 Å². The van der Waals surface area contributed by atoms with Crippen LogP contribution >= 0.6 is 0 Å². The summed E-state index contributed by atoms with van der Waals surface area (Å²) in [7, 11) is -10.0. The second-order valence-corrected chi connectivity index (χ2v) is 2.97. The summed E-state index contributed by atoms with van der Waals surface area (Å²) >= 11 is 0. The summed E-state index contributed by atoms with van der Waals surface area (Å²) in [4.78, 5) is 0. The van der Waals surface area contributed by atoms with Crippen molar-refractivity contribution in [3.8, 4) is 0 Å². The van der Waals surface area contributed by atoms with Gasteiger partial charge in [0.25, 0.3) is 0 Å². The third-order valence-electron chi connectivity index (χ3n) is 0.200. The summed E-state index contributed by atoms with van der Waals surface area (Å²) in [6, 6.07) is 0. The van der Waals surface area contributed by atoms with Crippen LogP contribution < -0.4 is 51.4 Å². The molecule has 0 aromatic rings. The minimum atomic E-state index is -5.02. The molecule has 2 N–H and O–H groups in total. The van der Waals surface area contributed by atoms with Crippen molar-refractivity contribution < 1.29 is 104 Å². The van der Waals surface area contributed by atoms with Crippen molar-refractivity contribution >= 4 is 20.8 Å². The minimum Gasteiger partial charge on any atom is -1.00 e. The largest absolute Gasteiger partial charge is 1.00 e. The van der Waals surface area contributed by atoms with Crippen LogP contribution in [0.25, 0.3) is 0 Å². The van der Waals surface area contributed by atoms with Crippen LogP contribution in [0.2, 0.25) is 0 Å². The van der Waals surface area contributed by atoms with E-state index in [0.717, 1.165) is 0 Å². The molecule has 12 heavy (non-hydrogen) atoms. The molecule has 0 amide bonds. The van der Waals surface area contributed by atoms with E-state index < -0.39 is 20.8 Å². The van der Waals surface area contributed by atoms with Gasteiger partial charge in [-0.05, 0) is 0 Å². The molecule has 0 aliphatic rings. The van der Waals surface area contributed by atoms with Crippen molar-refractivity contribution in [2.75, 3.05) is 0 Å². The molecule has 0 aromatic heterocycles. The molecule has 0 bridgehead atoms. The van der Waals surface area contributed by atoms with Crippen molar-refractivity contribution in [2.45, 2.75) is 0 Å². The summed E-state index contributed by atoms with van der Waals surface area (Å²) in [5.74, 6) is 0. The molecule has 0 heterocycles. The maximum atomic E-state index is 9.51. The molecule has 0 fully saturated rings. The Balaban J connectivity index is -0.000000135. The molecule has 0 radical (unpaired) electrons. The van der Waals surface area contributed by atoms with E-state index in [1.807, 2.05) is 0 Å². The van der Waals surface area contributed by atoms with E-state index in [-0.39, 0.29) is 69.9 Å². The van der Waals surface area contributed by atoms with Gasteiger partial charge in [0, 0.05) is 17.1 Å². The van der Waals surface area contributed by atoms with Gasteiger partial charge in [0.15, 0.2) is 0 Å². The fourth-order valence-corrected chi connectivity index (χ4v) is 0.632. The second kappa shape index (κ2) is 7.22. The quantitative estimate of drug-likeness (QED) is 0.231. The first-order chi connectivity index (χ1) is 4.21. The Labute approximate surface area is 123 Å². The smallest absolute Gasteiger partial charge is 1.00 e. The van der Waals surface area contributed by atoms with E-state index in [4.69, 9.17) is 9.11 Å². The van der Waals surface area contributed by atoms with Crippen LogP contribution in [-0.2, 0) is 46.5 Å². The van der Waals surface area contributed by atoms with Crippen LogP contribution in [0.4, 0.5) is 0 Å². The van der Waals surface area contributed by atoms with E-state index >= 15 is 0 Å². The van der Waals surface area contributed by atoms with Crippen LogP contribution in [0.1, 0.15) is 1.43 Å². The van der Waals surface area contributed by atoms with Crippen LogP contribution in [0.5, 0.6) is 0 Å². The minimum absolute atomic E-state index is 0. The molecule has 0 atom stereocenters. The Morgan fingerprint density at radius 1 is 0.917 bits per heavy atom. The zero-order valence-corrected chi connectivity index (χ0v) is 11.4. The average molecular weight is 290 g/mol. The van der Waals surface area contributed by atoms with E-state index in [1.165, 1.54) is 0 Å². The number of rotatable bonds is 3. The van der Waals surface area contributed by atoms with Gasteiger partial charge in [-0.3, -0.25) is 9.11 Å². The zero-order valence-electron chi connectivity index (χ0n) is 6.51. The molecule has 72 valence electrons. The molecule has 0 aromatic carbocycles. The molecule has 0 aliphatic carbocycles. The summed E-state index contributed by atoms with van der Waals surface area (Å²) in [5, 5.41) is 0. The van der Waals surface area contributed by atoms with Crippen LogP contribution in [0.3, 0.4) is 0 Å². The van der Waals surface area contributed by atoms with Gasteiger partial charge >= 0.3 is 72.2 Å². The van der Waals surface area contributed by atoms with Gasteiger partial charge in [-0.2, -0.15) is 16.8 Å². The molecule has 0 spiro atoms. The first kappa shape index (κ1) is 19.5. The molecule has 8 nitrogen and oxygen atoms in total. The Bertz CT molecular complexity index is 258. The molecule has 0 rings (SSSR count). The standard InChI is InChI=1S/Fe.K.H2O8S2.H/c;;1-9(2,3)7-8-10(4,5)6;/h;;(H,1,2,3)(H,4,5,6);/q;+1;;-1.